The topological polar surface area (TPSA) is 126 Å². The zero-order valence-corrected chi connectivity index (χ0v) is 27.9. The third kappa shape index (κ3) is 8.87. The fourth-order valence-corrected chi connectivity index (χ4v) is 6.31. The molecule has 0 aliphatic carbocycles. The highest BCUT2D eigenvalue weighted by Crippen LogP contribution is 2.39. The van der Waals surface area contributed by atoms with Gasteiger partial charge in [0.25, 0.3) is 5.91 Å². The van der Waals surface area contributed by atoms with Crippen molar-refractivity contribution < 1.29 is 28.9 Å². The molecular weight excluding hydrogens is 622 g/mol. The van der Waals surface area contributed by atoms with Crippen LogP contribution in [0.15, 0.2) is 91.3 Å². The maximum atomic E-state index is 12.5. The second-order valence-corrected chi connectivity index (χ2v) is 12.4. The van der Waals surface area contributed by atoms with Crippen molar-refractivity contribution in [3.05, 3.63) is 114 Å². The molecule has 0 unspecified atom stereocenters. The lowest BCUT2D eigenvalue weighted by Crippen LogP contribution is -2.50. The van der Waals surface area contributed by atoms with Crippen LogP contribution in [0.3, 0.4) is 0 Å². The Balaban J connectivity index is 1.15. The Morgan fingerprint density at radius 2 is 1.61 bits per heavy atom. The van der Waals surface area contributed by atoms with E-state index in [1.54, 1.807) is 19.3 Å². The number of rotatable bonds is 11. The third-order valence-corrected chi connectivity index (χ3v) is 8.96. The maximum Gasteiger partial charge on any atom is 0.303 e. The van der Waals surface area contributed by atoms with E-state index in [-0.39, 0.29) is 24.7 Å². The number of esters is 1. The highest BCUT2D eigenvalue weighted by molar-refractivity contribution is 5.83. The molecule has 3 heterocycles. The number of nitrogens with one attached hydrogen (secondary N) is 1. The SMILES string of the molecule is CC(=O)O[C@@H](C)C(=O)NCc1ccccc1-c1ccc([C@H]2O[C@@H](CN3CCN(c4ncccn4)CC3)C[C@@H](c3ccc(CO)cc3)O2)cc1. The Bertz CT molecular complexity index is 1680. The van der Waals surface area contributed by atoms with Crippen molar-refractivity contribution in [2.45, 2.75) is 58.0 Å². The first-order chi connectivity index (χ1) is 23.9. The van der Waals surface area contributed by atoms with Gasteiger partial charge >= 0.3 is 5.97 Å². The van der Waals surface area contributed by atoms with Gasteiger partial charge in [0.15, 0.2) is 12.4 Å². The predicted octanol–water partition coefficient (Wildman–Crippen LogP) is 4.57. The second-order valence-electron chi connectivity index (χ2n) is 12.4. The van der Waals surface area contributed by atoms with Gasteiger partial charge in [-0.25, -0.2) is 9.97 Å². The Morgan fingerprint density at radius 1 is 0.918 bits per heavy atom. The first-order valence-electron chi connectivity index (χ1n) is 16.7. The minimum Gasteiger partial charge on any atom is -0.453 e. The molecule has 0 radical (unpaired) electrons. The van der Waals surface area contributed by atoms with E-state index in [1.807, 2.05) is 78.9 Å². The number of hydrogen-bond donors (Lipinski definition) is 2. The summed E-state index contributed by atoms with van der Waals surface area (Å²) in [6, 6.07) is 25.8. The van der Waals surface area contributed by atoms with E-state index in [1.165, 1.54) is 6.92 Å². The summed E-state index contributed by atoms with van der Waals surface area (Å²) in [5, 5.41) is 12.4. The van der Waals surface area contributed by atoms with E-state index in [0.29, 0.717) is 13.0 Å². The van der Waals surface area contributed by atoms with E-state index < -0.39 is 18.4 Å². The van der Waals surface area contributed by atoms with Gasteiger partial charge in [-0.3, -0.25) is 14.5 Å². The zero-order valence-electron chi connectivity index (χ0n) is 27.9. The Labute approximate surface area is 286 Å². The van der Waals surface area contributed by atoms with Gasteiger partial charge in [-0.1, -0.05) is 72.8 Å². The lowest BCUT2D eigenvalue weighted by Gasteiger charge is -2.40. The van der Waals surface area contributed by atoms with Gasteiger partial charge in [0.2, 0.25) is 5.95 Å². The number of nitrogens with zero attached hydrogens (tertiary/aromatic N) is 4. The number of aliphatic hydroxyl groups excluding tert-OH is 1. The summed E-state index contributed by atoms with van der Waals surface area (Å²) < 4.78 is 18.3. The van der Waals surface area contributed by atoms with Crippen LogP contribution in [0.4, 0.5) is 5.95 Å². The van der Waals surface area contributed by atoms with Crippen LogP contribution in [-0.2, 0) is 37.0 Å². The van der Waals surface area contributed by atoms with Crippen molar-refractivity contribution in [3.63, 3.8) is 0 Å². The maximum absolute atomic E-state index is 12.5. The molecule has 2 aliphatic heterocycles. The van der Waals surface area contributed by atoms with Gasteiger partial charge in [0.1, 0.15) is 0 Å². The van der Waals surface area contributed by atoms with Crippen molar-refractivity contribution in [2.75, 3.05) is 37.6 Å². The molecule has 0 bridgehead atoms. The van der Waals surface area contributed by atoms with Gasteiger partial charge in [-0.2, -0.15) is 0 Å². The van der Waals surface area contributed by atoms with Crippen LogP contribution in [0.25, 0.3) is 11.1 Å². The number of aromatic nitrogens is 2. The molecule has 2 aliphatic rings. The van der Waals surface area contributed by atoms with Crippen molar-refractivity contribution in [1.29, 1.82) is 0 Å². The van der Waals surface area contributed by atoms with Gasteiger partial charge in [0, 0.05) is 70.6 Å². The zero-order chi connectivity index (χ0) is 34.2. The molecule has 4 atom stereocenters. The standard InChI is InChI=1S/C38H43N5O6/c1-26(47-27(2)45)36(46)41-23-32-6-3-4-7-34(32)29-12-14-31(15-13-29)37-48-33(22-35(49-37)30-10-8-28(25-44)9-11-30)24-42-18-20-43(21-19-42)38-39-16-5-17-40-38/h3-17,26,33,35,37,44H,18-25H2,1-2H3,(H,41,46)/t26-,33+,35-,37-/m0/s1. The Kier molecular flexibility index (Phi) is 11.3. The highest BCUT2D eigenvalue weighted by atomic mass is 16.7. The monoisotopic (exact) mass is 665 g/mol. The summed E-state index contributed by atoms with van der Waals surface area (Å²) in [5.41, 5.74) is 5.74. The molecule has 11 heteroatoms. The molecule has 11 nitrogen and oxygen atoms in total. The number of piperazine rings is 1. The molecule has 4 aromatic rings. The molecule has 256 valence electrons. The summed E-state index contributed by atoms with van der Waals surface area (Å²) in [6.07, 6.45) is 2.61. The molecule has 2 fully saturated rings. The first-order valence-corrected chi connectivity index (χ1v) is 16.7. The molecule has 2 N–H and O–H groups in total. The van der Waals surface area contributed by atoms with Crippen LogP contribution in [-0.4, -0.2) is 76.8 Å². The summed E-state index contributed by atoms with van der Waals surface area (Å²) in [5.74, 6) is -0.0849. The number of amides is 1. The molecule has 49 heavy (non-hydrogen) atoms. The van der Waals surface area contributed by atoms with E-state index >= 15 is 0 Å². The molecule has 3 aromatic carbocycles. The first kappa shape index (κ1) is 34.2. The van der Waals surface area contributed by atoms with E-state index in [9.17, 15) is 14.7 Å². The minimum atomic E-state index is -0.867. The quantitative estimate of drug-likeness (QED) is 0.220. The van der Waals surface area contributed by atoms with Gasteiger partial charge in [-0.15, -0.1) is 0 Å². The number of aliphatic hydroxyl groups is 1. The third-order valence-electron chi connectivity index (χ3n) is 8.96. The lowest BCUT2D eigenvalue weighted by molar-refractivity contribution is -0.253. The molecule has 2 saturated heterocycles. The van der Waals surface area contributed by atoms with Crippen LogP contribution < -0.4 is 10.2 Å². The number of carbonyl (C=O) groups excluding carboxylic acids is 2. The van der Waals surface area contributed by atoms with Crippen LogP contribution in [0.1, 0.15) is 54.9 Å². The summed E-state index contributed by atoms with van der Waals surface area (Å²) in [4.78, 5) is 37.2. The molecule has 6 rings (SSSR count). The summed E-state index contributed by atoms with van der Waals surface area (Å²) >= 11 is 0. The van der Waals surface area contributed by atoms with Gasteiger partial charge in [-0.05, 0) is 40.8 Å². The molecule has 1 amide bonds. The molecule has 0 saturated carbocycles. The van der Waals surface area contributed by atoms with Gasteiger partial charge < -0.3 is 29.5 Å². The lowest BCUT2D eigenvalue weighted by atomic mass is 9.97. The molecule has 0 spiro atoms. The van der Waals surface area contributed by atoms with Gasteiger partial charge in [0.05, 0.1) is 18.8 Å². The number of ether oxygens (including phenoxy) is 3. The van der Waals surface area contributed by atoms with Crippen molar-refractivity contribution in [1.82, 2.24) is 20.2 Å². The predicted molar refractivity (Wildman–Crippen MR) is 184 cm³/mol. The number of anilines is 1. The van der Waals surface area contributed by atoms with Crippen LogP contribution in [0, 0.1) is 0 Å². The van der Waals surface area contributed by atoms with E-state index in [2.05, 4.69) is 25.1 Å². The van der Waals surface area contributed by atoms with Crippen molar-refractivity contribution >= 4 is 17.8 Å². The average Bonchev–Trinajstić information content (AvgIpc) is 3.14. The van der Waals surface area contributed by atoms with Crippen molar-refractivity contribution in [2.24, 2.45) is 0 Å². The highest BCUT2D eigenvalue weighted by Gasteiger charge is 2.34. The van der Waals surface area contributed by atoms with Crippen molar-refractivity contribution in [3.8, 4) is 11.1 Å². The normalized spacial score (nSPS) is 20.4. The summed E-state index contributed by atoms with van der Waals surface area (Å²) in [7, 11) is 0. The van der Waals surface area contributed by atoms with Crippen LogP contribution >= 0.6 is 0 Å². The fourth-order valence-electron chi connectivity index (χ4n) is 6.31. The average molecular weight is 666 g/mol. The smallest absolute Gasteiger partial charge is 0.303 e. The fraction of sp³-hybridized carbons (Fsp3) is 0.368. The van der Waals surface area contributed by atoms with E-state index in [4.69, 9.17) is 14.2 Å². The minimum absolute atomic E-state index is 0.00455. The van der Waals surface area contributed by atoms with E-state index in [0.717, 1.165) is 72.1 Å². The Hall–Kier alpha value is -4.68. The number of carbonyl (C=O) groups is 2. The van der Waals surface area contributed by atoms with Crippen LogP contribution in [0.2, 0.25) is 0 Å². The molecule has 1 aromatic heterocycles. The Morgan fingerprint density at radius 3 is 2.31 bits per heavy atom. The summed E-state index contributed by atoms with van der Waals surface area (Å²) in [6.45, 7) is 7.37. The second kappa shape index (κ2) is 16.1. The largest absolute Gasteiger partial charge is 0.453 e. The molecular formula is C38H43N5O6. The van der Waals surface area contributed by atoms with Crippen LogP contribution in [0.5, 0.6) is 0 Å². The number of benzene rings is 3. The number of hydrogen-bond acceptors (Lipinski definition) is 10.